The lowest BCUT2D eigenvalue weighted by molar-refractivity contribution is 0.0668. The molecule has 0 fully saturated rings. The molecule has 1 heterocycles. The Bertz CT molecular complexity index is 336. The van der Waals surface area contributed by atoms with Crippen molar-refractivity contribution in [3.05, 3.63) is 24.5 Å². The molecule has 0 radical (unpaired) electrons. The van der Waals surface area contributed by atoms with Crippen molar-refractivity contribution in [1.82, 2.24) is 9.55 Å². The van der Waals surface area contributed by atoms with E-state index in [1.165, 1.54) is 0 Å². The van der Waals surface area contributed by atoms with Crippen LogP contribution in [-0.4, -0.2) is 43.0 Å². The third-order valence-corrected chi connectivity index (χ3v) is 2.21. The predicted molar refractivity (Wildman–Crippen MR) is 68.3 cm³/mol. The molecule has 0 aliphatic heterocycles. The zero-order valence-corrected chi connectivity index (χ0v) is 10.6. The largest absolute Gasteiger partial charge is 0.382 e. The lowest BCUT2D eigenvalue weighted by atomic mass is 10.5. The average Bonchev–Trinajstić information content (AvgIpc) is 2.67. The first-order valence-corrected chi connectivity index (χ1v) is 5.73. The van der Waals surface area contributed by atoms with E-state index in [0.29, 0.717) is 26.4 Å². The van der Waals surface area contributed by atoms with Gasteiger partial charge in [0, 0.05) is 26.4 Å². The minimum absolute atomic E-state index is 0.625. The Kier molecular flexibility index (Phi) is 6.35. The van der Waals surface area contributed by atoms with Gasteiger partial charge in [-0.1, -0.05) is 6.08 Å². The normalized spacial score (nSPS) is 10.5. The third kappa shape index (κ3) is 5.01. The van der Waals surface area contributed by atoms with Crippen LogP contribution in [0.3, 0.4) is 0 Å². The van der Waals surface area contributed by atoms with Crippen LogP contribution in [-0.2, 0) is 16.0 Å². The zero-order chi connectivity index (χ0) is 12.5. The highest BCUT2D eigenvalue weighted by atomic mass is 16.5. The van der Waals surface area contributed by atoms with E-state index in [1.54, 1.807) is 7.11 Å². The Morgan fingerprint density at radius 1 is 1.47 bits per heavy atom. The maximum Gasteiger partial charge on any atom is 0.203 e. The molecule has 0 aliphatic carbocycles. The van der Waals surface area contributed by atoms with Crippen LogP contribution in [0.15, 0.2) is 18.9 Å². The van der Waals surface area contributed by atoms with Crippen LogP contribution in [0.5, 0.6) is 0 Å². The topological polar surface area (TPSA) is 48.3 Å². The molecule has 0 aromatic carbocycles. The van der Waals surface area contributed by atoms with Gasteiger partial charge >= 0.3 is 0 Å². The summed E-state index contributed by atoms with van der Waals surface area (Å²) in [5.41, 5.74) is 0.994. The molecule has 1 aromatic rings. The van der Waals surface area contributed by atoms with Crippen LogP contribution in [0.1, 0.15) is 5.69 Å². The van der Waals surface area contributed by atoms with Crippen LogP contribution in [0.2, 0.25) is 0 Å². The van der Waals surface area contributed by atoms with Crippen molar-refractivity contribution in [2.45, 2.75) is 13.5 Å². The van der Waals surface area contributed by atoms with Crippen molar-refractivity contribution in [2.24, 2.45) is 0 Å². The van der Waals surface area contributed by atoms with Gasteiger partial charge in [-0.2, -0.15) is 0 Å². The molecule has 0 atom stereocenters. The lowest BCUT2D eigenvalue weighted by Crippen LogP contribution is -2.12. The first-order valence-electron chi connectivity index (χ1n) is 5.73. The van der Waals surface area contributed by atoms with Crippen molar-refractivity contribution in [3.8, 4) is 0 Å². The quantitative estimate of drug-likeness (QED) is 0.523. The number of methoxy groups -OCH3 is 1. The smallest absolute Gasteiger partial charge is 0.203 e. The molecule has 1 rings (SSSR count). The molecule has 0 bridgehead atoms. The van der Waals surface area contributed by atoms with Crippen LogP contribution < -0.4 is 5.32 Å². The van der Waals surface area contributed by atoms with E-state index in [4.69, 9.17) is 9.47 Å². The first-order chi connectivity index (χ1) is 8.27. The minimum Gasteiger partial charge on any atom is -0.382 e. The van der Waals surface area contributed by atoms with E-state index in [0.717, 1.165) is 18.2 Å². The summed E-state index contributed by atoms with van der Waals surface area (Å²) in [5, 5.41) is 3.19. The standard InChI is InChI=1S/C12H21N3O2/c1-4-5-13-12-14-11(2)10-15(12)6-7-17-9-8-16-3/h4,10H,1,5-9H2,2-3H3,(H,13,14). The molecule has 96 valence electrons. The highest BCUT2D eigenvalue weighted by Crippen LogP contribution is 2.07. The van der Waals surface area contributed by atoms with Gasteiger partial charge in [0.25, 0.3) is 0 Å². The third-order valence-electron chi connectivity index (χ3n) is 2.21. The number of hydrogen-bond donors (Lipinski definition) is 1. The summed E-state index contributed by atoms with van der Waals surface area (Å²) in [6, 6.07) is 0. The Morgan fingerprint density at radius 3 is 3.00 bits per heavy atom. The molecule has 1 aromatic heterocycles. The summed E-state index contributed by atoms with van der Waals surface area (Å²) >= 11 is 0. The number of aryl methyl sites for hydroxylation is 1. The molecule has 17 heavy (non-hydrogen) atoms. The minimum atomic E-state index is 0.625. The van der Waals surface area contributed by atoms with Gasteiger partial charge in [-0.25, -0.2) is 4.98 Å². The summed E-state index contributed by atoms with van der Waals surface area (Å²) in [6.45, 7) is 9.04. The van der Waals surface area contributed by atoms with Crippen LogP contribution >= 0.6 is 0 Å². The number of nitrogens with one attached hydrogen (secondary N) is 1. The number of rotatable bonds is 9. The maximum absolute atomic E-state index is 5.43. The monoisotopic (exact) mass is 239 g/mol. The fourth-order valence-corrected chi connectivity index (χ4v) is 1.43. The van der Waals surface area contributed by atoms with E-state index in [9.17, 15) is 0 Å². The summed E-state index contributed by atoms with van der Waals surface area (Å²) < 4.78 is 12.4. The molecular formula is C12H21N3O2. The summed E-state index contributed by atoms with van der Waals surface area (Å²) in [4.78, 5) is 4.39. The second kappa shape index (κ2) is 7.86. The molecular weight excluding hydrogens is 218 g/mol. The highest BCUT2D eigenvalue weighted by molar-refractivity contribution is 5.29. The van der Waals surface area contributed by atoms with Gasteiger partial charge in [-0.05, 0) is 6.92 Å². The maximum atomic E-state index is 5.43. The molecule has 0 aliphatic rings. The number of anilines is 1. The van der Waals surface area contributed by atoms with Crippen LogP contribution in [0, 0.1) is 6.92 Å². The van der Waals surface area contributed by atoms with E-state index >= 15 is 0 Å². The molecule has 5 heteroatoms. The summed E-state index contributed by atoms with van der Waals surface area (Å²) in [6.07, 6.45) is 3.81. The van der Waals surface area contributed by atoms with Crippen molar-refractivity contribution in [1.29, 1.82) is 0 Å². The Balaban J connectivity index is 2.37. The van der Waals surface area contributed by atoms with Gasteiger partial charge < -0.3 is 19.4 Å². The highest BCUT2D eigenvalue weighted by Gasteiger charge is 2.03. The van der Waals surface area contributed by atoms with Gasteiger partial charge in [0.2, 0.25) is 5.95 Å². The second-order valence-electron chi connectivity index (χ2n) is 3.67. The molecule has 0 saturated heterocycles. The molecule has 0 amide bonds. The molecule has 0 unspecified atom stereocenters. The van der Waals surface area contributed by atoms with E-state index in [1.807, 2.05) is 23.8 Å². The van der Waals surface area contributed by atoms with Crippen LogP contribution in [0.4, 0.5) is 5.95 Å². The SMILES string of the molecule is C=CCNc1nc(C)cn1CCOCCOC. The van der Waals surface area contributed by atoms with Crippen molar-refractivity contribution < 1.29 is 9.47 Å². The predicted octanol–water partition coefficient (Wildman–Crippen LogP) is 1.45. The number of nitrogens with zero attached hydrogens (tertiary/aromatic N) is 2. The average molecular weight is 239 g/mol. The lowest BCUT2D eigenvalue weighted by Gasteiger charge is -2.08. The number of hydrogen-bond acceptors (Lipinski definition) is 4. The van der Waals surface area contributed by atoms with Crippen LogP contribution in [0.25, 0.3) is 0 Å². The first kappa shape index (κ1) is 13.7. The van der Waals surface area contributed by atoms with E-state index in [2.05, 4.69) is 16.9 Å². The Labute approximate surface area is 102 Å². The summed E-state index contributed by atoms with van der Waals surface area (Å²) in [7, 11) is 1.67. The van der Waals surface area contributed by atoms with Gasteiger partial charge in [0.05, 0.1) is 25.5 Å². The van der Waals surface area contributed by atoms with Crippen molar-refractivity contribution >= 4 is 5.95 Å². The fourth-order valence-electron chi connectivity index (χ4n) is 1.43. The van der Waals surface area contributed by atoms with E-state index in [-0.39, 0.29) is 0 Å². The van der Waals surface area contributed by atoms with Crippen molar-refractivity contribution in [2.75, 3.05) is 38.8 Å². The molecule has 0 saturated carbocycles. The number of aromatic nitrogens is 2. The molecule has 0 spiro atoms. The van der Waals surface area contributed by atoms with Gasteiger partial charge in [-0.3, -0.25) is 0 Å². The molecule has 5 nitrogen and oxygen atoms in total. The number of imidazole rings is 1. The van der Waals surface area contributed by atoms with Gasteiger partial charge in [0.1, 0.15) is 0 Å². The molecule has 1 N–H and O–H groups in total. The van der Waals surface area contributed by atoms with Crippen molar-refractivity contribution in [3.63, 3.8) is 0 Å². The summed E-state index contributed by atoms with van der Waals surface area (Å²) in [5.74, 6) is 0.859. The Morgan fingerprint density at radius 2 is 2.29 bits per heavy atom. The van der Waals surface area contributed by atoms with Gasteiger partial charge in [-0.15, -0.1) is 6.58 Å². The van der Waals surface area contributed by atoms with Gasteiger partial charge in [0.15, 0.2) is 0 Å². The van der Waals surface area contributed by atoms with E-state index < -0.39 is 0 Å². The fraction of sp³-hybridized carbons (Fsp3) is 0.583. The Hall–Kier alpha value is -1.33. The zero-order valence-electron chi connectivity index (χ0n) is 10.6. The second-order valence-corrected chi connectivity index (χ2v) is 3.67. The number of ether oxygens (including phenoxy) is 2.